The van der Waals surface area contributed by atoms with Gasteiger partial charge in [-0.2, -0.15) is 0 Å². The van der Waals surface area contributed by atoms with Gasteiger partial charge in [-0.25, -0.2) is 0 Å². The Morgan fingerprint density at radius 2 is 1.04 bits per heavy atom. The average molecular weight is 344 g/mol. The molecule has 0 radical (unpaired) electrons. The Bertz CT molecular complexity index is 759. The van der Waals surface area contributed by atoms with E-state index in [1.807, 2.05) is 0 Å². The Kier molecular flexibility index (Phi) is 5.90. The third-order valence-electron chi connectivity index (χ3n) is 4.70. The van der Waals surface area contributed by atoms with Gasteiger partial charge in [0, 0.05) is 19.6 Å². The van der Waals surface area contributed by atoms with E-state index in [2.05, 4.69) is 111 Å². The first-order valence-corrected chi connectivity index (χ1v) is 9.40. The Morgan fingerprint density at radius 1 is 0.577 bits per heavy atom. The molecule has 0 saturated carbocycles. The molecule has 0 aromatic heterocycles. The minimum Gasteiger partial charge on any atom is -0.291 e. The monoisotopic (exact) mass is 343 g/mol. The van der Waals surface area contributed by atoms with Crippen LogP contribution >= 0.6 is 0 Å². The highest BCUT2D eigenvalue weighted by atomic mass is 15.1. The summed E-state index contributed by atoms with van der Waals surface area (Å²) >= 11 is 0. The van der Waals surface area contributed by atoms with E-state index in [0.29, 0.717) is 0 Å². The molecule has 0 atom stereocenters. The highest BCUT2D eigenvalue weighted by Gasteiger charge is 2.15. The predicted molar refractivity (Wildman–Crippen MR) is 111 cm³/mol. The van der Waals surface area contributed by atoms with Crippen molar-refractivity contribution in [2.45, 2.75) is 45.8 Å². The van der Waals surface area contributed by atoms with Crippen LogP contribution in [0.4, 0.5) is 0 Å². The molecule has 1 nitrogen and oxygen atoms in total. The molecule has 0 saturated heterocycles. The van der Waals surface area contributed by atoms with Crippen LogP contribution in [0.15, 0.2) is 84.9 Å². The summed E-state index contributed by atoms with van der Waals surface area (Å²) in [5.41, 5.74) is 5.67. The molecule has 0 spiro atoms. The molecular weight excluding hydrogens is 314 g/mol. The molecule has 3 rings (SSSR count). The third-order valence-corrected chi connectivity index (χ3v) is 4.70. The average Bonchev–Trinajstić information content (AvgIpc) is 2.63. The SMILES string of the molecule is CC(C)(C)c1cccc(CN(Cc2ccccc2)Cc2ccccc2)c1. The summed E-state index contributed by atoms with van der Waals surface area (Å²) in [5, 5.41) is 0. The Hall–Kier alpha value is -2.38. The second-order valence-electron chi connectivity index (χ2n) is 8.07. The van der Waals surface area contributed by atoms with Crippen LogP contribution in [0.25, 0.3) is 0 Å². The van der Waals surface area contributed by atoms with Crippen LogP contribution in [0.1, 0.15) is 43.0 Å². The highest BCUT2D eigenvalue weighted by Crippen LogP contribution is 2.24. The first-order valence-electron chi connectivity index (χ1n) is 9.40. The lowest BCUT2D eigenvalue weighted by molar-refractivity contribution is 0.247. The van der Waals surface area contributed by atoms with Crippen molar-refractivity contribution in [3.05, 3.63) is 107 Å². The van der Waals surface area contributed by atoms with E-state index in [1.54, 1.807) is 0 Å². The standard InChI is InChI=1S/C25H29N/c1-25(2,3)24-16-10-15-23(17-24)20-26(18-21-11-6-4-7-12-21)19-22-13-8-5-9-14-22/h4-17H,18-20H2,1-3H3. The normalized spacial score (nSPS) is 11.7. The molecule has 0 aliphatic rings. The van der Waals surface area contributed by atoms with Gasteiger partial charge in [-0.1, -0.05) is 106 Å². The topological polar surface area (TPSA) is 3.24 Å². The van der Waals surface area contributed by atoms with Crippen molar-refractivity contribution in [3.8, 4) is 0 Å². The maximum atomic E-state index is 2.52. The predicted octanol–water partition coefficient (Wildman–Crippen LogP) is 6.19. The van der Waals surface area contributed by atoms with Crippen molar-refractivity contribution in [1.29, 1.82) is 0 Å². The number of hydrogen-bond donors (Lipinski definition) is 0. The fourth-order valence-corrected chi connectivity index (χ4v) is 3.25. The van der Waals surface area contributed by atoms with Crippen LogP contribution < -0.4 is 0 Å². The van der Waals surface area contributed by atoms with Gasteiger partial charge in [0.05, 0.1) is 0 Å². The van der Waals surface area contributed by atoms with Crippen molar-refractivity contribution < 1.29 is 0 Å². The van der Waals surface area contributed by atoms with Crippen LogP contribution in [0, 0.1) is 0 Å². The molecule has 0 bridgehead atoms. The summed E-state index contributed by atoms with van der Waals surface area (Å²) in [4.78, 5) is 2.52. The van der Waals surface area contributed by atoms with Crippen LogP contribution in [-0.2, 0) is 25.0 Å². The maximum absolute atomic E-state index is 2.52. The summed E-state index contributed by atoms with van der Waals surface area (Å²) in [5.74, 6) is 0. The third kappa shape index (κ3) is 5.31. The second kappa shape index (κ2) is 8.33. The van der Waals surface area contributed by atoms with E-state index in [1.165, 1.54) is 22.3 Å². The molecule has 26 heavy (non-hydrogen) atoms. The van der Waals surface area contributed by atoms with Gasteiger partial charge < -0.3 is 0 Å². The number of hydrogen-bond acceptors (Lipinski definition) is 1. The lowest BCUT2D eigenvalue weighted by Gasteiger charge is -2.25. The minimum absolute atomic E-state index is 0.180. The van der Waals surface area contributed by atoms with E-state index in [4.69, 9.17) is 0 Å². The van der Waals surface area contributed by atoms with Crippen molar-refractivity contribution in [1.82, 2.24) is 4.90 Å². The number of rotatable bonds is 6. The van der Waals surface area contributed by atoms with Gasteiger partial charge in [-0.05, 0) is 27.7 Å². The zero-order chi connectivity index (χ0) is 18.4. The van der Waals surface area contributed by atoms with Gasteiger partial charge in [0.2, 0.25) is 0 Å². The van der Waals surface area contributed by atoms with E-state index in [9.17, 15) is 0 Å². The van der Waals surface area contributed by atoms with Gasteiger partial charge in [-0.3, -0.25) is 4.90 Å². The van der Waals surface area contributed by atoms with Crippen LogP contribution in [0.5, 0.6) is 0 Å². The molecule has 0 amide bonds. The van der Waals surface area contributed by atoms with Gasteiger partial charge in [0.15, 0.2) is 0 Å². The van der Waals surface area contributed by atoms with Crippen molar-refractivity contribution >= 4 is 0 Å². The zero-order valence-electron chi connectivity index (χ0n) is 16.2. The molecule has 0 aliphatic heterocycles. The zero-order valence-corrected chi connectivity index (χ0v) is 16.2. The molecular formula is C25H29N. The lowest BCUT2D eigenvalue weighted by atomic mass is 9.86. The fourth-order valence-electron chi connectivity index (χ4n) is 3.25. The lowest BCUT2D eigenvalue weighted by Crippen LogP contribution is -2.23. The Balaban J connectivity index is 1.81. The molecule has 0 aliphatic carbocycles. The van der Waals surface area contributed by atoms with Gasteiger partial charge in [0.25, 0.3) is 0 Å². The summed E-state index contributed by atoms with van der Waals surface area (Å²) in [6, 6.07) is 30.5. The second-order valence-corrected chi connectivity index (χ2v) is 8.07. The van der Waals surface area contributed by atoms with Crippen molar-refractivity contribution in [2.75, 3.05) is 0 Å². The Morgan fingerprint density at radius 3 is 1.54 bits per heavy atom. The largest absolute Gasteiger partial charge is 0.291 e. The summed E-state index contributed by atoms with van der Waals surface area (Å²) in [6.07, 6.45) is 0. The first-order chi connectivity index (χ1) is 12.5. The summed E-state index contributed by atoms with van der Waals surface area (Å²) in [7, 11) is 0. The van der Waals surface area contributed by atoms with E-state index < -0.39 is 0 Å². The molecule has 0 N–H and O–H groups in total. The first kappa shape index (κ1) is 18.4. The van der Waals surface area contributed by atoms with Gasteiger partial charge >= 0.3 is 0 Å². The quantitative estimate of drug-likeness (QED) is 0.516. The van der Waals surface area contributed by atoms with Crippen LogP contribution in [-0.4, -0.2) is 4.90 Å². The van der Waals surface area contributed by atoms with Crippen molar-refractivity contribution in [2.24, 2.45) is 0 Å². The van der Waals surface area contributed by atoms with Crippen LogP contribution in [0.3, 0.4) is 0 Å². The molecule has 0 fully saturated rings. The smallest absolute Gasteiger partial charge is 0.0240 e. The summed E-state index contributed by atoms with van der Waals surface area (Å²) in [6.45, 7) is 9.69. The fraction of sp³-hybridized carbons (Fsp3) is 0.280. The minimum atomic E-state index is 0.180. The van der Waals surface area contributed by atoms with E-state index in [-0.39, 0.29) is 5.41 Å². The van der Waals surface area contributed by atoms with Crippen molar-refractivity contribution in [3.63, 3.8) is 0 Å². The molecule has 0 heterocycles. The molecule has 0 unspecified atom stereocenters. The van der Waals surface area contributed by atoms with Gasteiger partial charge in [0.1, 0.15) is 0 Å². The molecule has 3 aromatic rings. The van der Waals surface area contributed by atoms with Crippen LogP contribution in [0.2, 0.25) is 0 Å². The number of nitrogens with zero attached hydrogens (tertiary/aromatic N) is 1. The molecule has 1 heteroatoms. The van der Waals surface area contributed by atoms with Gasteiger partial charge in [-0.15, -0.1) is 0 Å². The maximum Gasteiger partial charge on any atom is 0.0240 e. The highest BCUT2D eigenvalue weighted by molar-refractivity contribution is 5.29. The molecule has 134 valence electrons. The Labute approximate surface area is 158 Å². The summed E-state index contributed by atoms with van der Waals surface area (Å²) < 4.78 is 0. The number of benzene rings is 3. The van der Waals surface area contributed by atoms with E-state index in [0.717, 1.165) is 19.6 Å². The molecule has 3 aromatic carbocycles. The van der Waals surface area contributed by atoms with E-state index >= 15 is 0 Å².